The van der Waals surface area contributed by atoms with Crippen molar-refractivity contribution in [3.8, 4) is 0 Å². The van der Waals surface area contributed by atoms with Gasteiger partial charge < -0.3 is 10.6 Å². The second-order valence-corrected chi connectivity index (χ2v) is 5.09. The van der Waals surface area contributed by atoms with Crippen LogP contribution in [-0.2, 0) is 4.79 Å². The van der Waals surface area contributed by atoms with Crippen molar-refractivity contribution in [2.45, 2.75) is 25.3 Å². The Morgan fingerprint density at radius 3 is 2.76 bits per heavy atom. The molecule has 1 fully saturated rings. The lowest BCUT2D eigenvalue weighted by Crippen LogP contribution is -2.43. The van der Waals surface area contributed by atoms with E-state index in [1.165, 1.54) is 12.1 Å². The summed E-state index contributed by atoms with van der Waals surface area (Å²) in [4.78, 5) is 34.6. The maximum Gasteiger partial charge on any atom is 0.254 e. The summed E-state index contributed by atoms with van der Waals surface area (Å²) in [6.45, 7) is 0. The van der Waals surface area contributed by atoms with Crippen LogP contribution in [0.25, 0.3) is 0 Å². The van der Waals surface area contributed by atoms with E-state index in [-0.39, 0.29) is 29.0 Å². The average Bonchev–Trinajstić information content (AvgIpc) is 2.95. The Balaban J connectivity index is 2.14. The molecule has 1 aliphatic rings. The molecule has 0 aromatic heterocycles. The number of nitrogens with one attached hydrogen (secondary N) is 2. The molecule has 21 heavy (non-hydrogen) atoms. The number of carbonyl (C=O) groups is 3. The molecule has 0 bridgehead atoms. The molecule has 1 saturated carbocycles. The van der Waals surface area contributed by atoms with E-state index in [4.69, 9.17) is 0 Å². The summed E-state index contributed by atoms with van der Waals surface area (Å²) in [5.74, 6) is -1.71. The zero-order valence-corrected chi connectivity index (χ0v) is 11.7. The van der Waals surface area contributed by atoms with Crippen LogP contribution in [0.3, 0.4) is 0 Å². The minimum atomic E-state index is -0.687. The minimum absolute atomic E-state index is 0.125. The van der Waals surface area contributed by atoms with E-state index in [0.29, 0.717) is 19.1 Å². The van der Waals surface area contributed by atoms with Crippen molar-refractivity contribution in [2.24, 2.45) is 5.92 Å². The Kier molecular flexibility index (Phi) is 4.67. The molecule has 6 heteroatoms. The minimum Gasteiger partial charge on any atom is -0.359 e. The van der Waals surface area contributed by atoms with E-state index < -0.39 is 11.7 Å². The van der Waals surface area contributed by atoms with E-state index >= 15 is 0 Å². The molecule has 112 valence electrons. The van der Waals surface area contributed by atoms with Gasteiger partial charge in [0.1, 0.15) is 12.1 Å². The van der Waals surface area contributed by atoms with Gasteiger partial charge in [0.25, 0.3) is 5.91 Å². The highest BCUT2D eigenvalue weighted by Gasteiger charge is 2.33. The Morgan fingerprint density at radius 2 is 2.10 bits per heavy atom. The zero-order chi connectivity index (χ0) is 15.4. The molecular formula is C15H17FN2O3. The second kappa shape index (κ2) is 6.47. The van der Waals surface area contributed by atoms with Crippen LogP contribution in [-0.4, -0.2) is 31.2 Å². The number of rotatable bonds is 4. The molecule has 0 saturated heterocycles. The highest BCUT2D eigenvalue weighted by Crippen LogP contribution is 2.26. The number of amides is 2. The fourth-order valence-electron chi connectivity index (χ4n) is 2.67. The number of carbonyl (C=O) groups excluding carboxylic acids is 3. The topological polar surface area (TPSA) is 75.3 Å². The van der Waals surface area contributed by atoms with Gasteiger partial charge in [0.05, 0.1) is 11.5 Å². The molecule has 0 heterocycles. The Bertz CT molecular complexity index is 574. The molecule has 0 spiro atoms. The fourth-order valence-corrected chi connectivity index (χ4v) is 2.67. The van der Waals surface area contributed by atoms with Crippen molar-refractivity contribution in [3.63, 3.8) is 0 Å². The SMILES string of the molecule is CNC(=O)C1CCCC1NC(=O)c1cc(C=O)ccc1F. The van der Waals surface area contributed by atoms with Crippen molar-refractivity contribution >= 4 is 18.1 Å². The molecule has 2 amide bonds. The van der Waals surface area contributed by atoms with Gasteiger partial charge in [0, 0.05) is 18.7 Å². The van der Waals surface area contributed by atoms with E-state index in [1.807, 2.05) is 0 Å². The standard InChI is InChI=1S/C15H17FN2O3/c1-17-14(20)10-3-2-4-13(10)18-15(21)11-7-9(8-19)5-6-12(11)16/h5-8,10,13H,2-4H2,1H3,(H,17,20)(H,18,21). The first-order valence-electron chi connectivity index (χ1n) is 6.84. The van der Waals surface area contributed by atoms with Crippen LogP contribution in [0, 0.1) is 11.7 Å². The molecule has 2 N–H and O–H groups in total. The van der Waals surface area contributed by atoms with E-state index in [2.05, 4.69) is 10.6 Å². The van der Waals surface area contributed by atoms with Crippen LogP contribution in [0.2, 0.25) is 0 Å². The Labute approximate surface area is 121 Å². The summed E-state index contributed by atoms with van der Waals surface area (Å²) in [6, 6.07) is 3.30. The predicted octanol–water partition coefficient (Wildman–Crippen LogP) is 1.28. The third-order valence-corrected chi connectivity index (χ3v) is 3.79. The summed E-state index contributed by atoms with van der Waals surface area (Å²) in [7, 11) is 1.55. The molecule has 0 radical (unpaired) electrons. The summed E-state index contributed by atoms with van der Waals surface area (Å²) < 4.78 is 13.7. The second-order valence-electron chi connectivity index (χ2n) is 5.09. The fraction of sp³-hybridized carbons (Fsp3) is 0.400. The van der Waals surface area contributed by atoms with Gasteiger partial charge in [-0.05, 0) is 31.0 Å². The summed E-state index contributed by atoms with van der Waals surface area (Å²) in [5, 5.41) is 5.27. The molecule has 5 nitrogen and oxygen atoms in total. The maximum absolute atomic E-state index is 13.7. The van der Waals surface area contributed by atoms with Gasteiger partial charge in [0.15, 0.2) is 0 Å². The van der Waals surface area contributed by atoms with Gasteiger partial charge >= 0.3 is 0 Å². The van der Waals surface area contributed by atoms with Crippen LogP contribution in [0.1, 0.15) is 40.0 Å². The first-order valence-corrected chi connectivity index (χ1v) is 6.84. The highest BCUT2D eigenvalue weighted by molar-refractivity contribution is 5.96. The first-order chi connectivity index (χ1) is 10.1. The Hall–Kier alpha value is -2.24. The van der Waals surface area contributed by atoms with Crippen molar-refractivity contribution < 1.29 is 18.8 Å². The van der Waals surface area contributed by atoms with Gasteiger partial charge in [0.2, 0.25) is 5.91 Å². The van der Waals surface area contributed by atoms with Crippen molar-refractivity contribution in [3.05, 3.63) is 35.1 Å². The summed E-state index contributed by atoms with van der Waals surface area (Å²) >= 11 is 0. The quantitative estimate of drug-likeness (QED) is 0.821. The monoisotopic (exact) mass is 292 g/mol. The average molecular weight is 292 g/mol. The smallest absolute Gasteiger partial charge is 0.254 e. The molecule has 1 aliphatic carbocycles. The molecule has 1 aromatic rings. The van der Waals surface area contributed by atoms with Crippen LogP contribution in [0.5, 0.6) is 0 Å². The van der Waals surface area contributed by atoms with Gasteiger partial charge in [-0.3, -0.25) is 14.4 Å². The number of hydrogen-bond donors (Lipinski definition) is 2. The van der Waals surface area contributed by atoms with Gasteiger partial charge in [-0.25, -0.2) is 4.39 Å². The van der Waals surface area contributed by atoms with E-state index in [0.717, 1.165) is 12.5 Å². The van der Waals surface area contributed by atoms with Crippen LogP contribution in [0.15, 0.2) is 18.2 Å². The number of benzene rings is 1. The largest absolute Gasteiger partial charge is 0.359 e. The zero-order valence-electron chi connectivity index (χ0n) is 11.7. The highest BCUT2D eigenvalue weighted by atomic mass is 19.1. The van der Waals surface area contributed by atoms with Gasteiger partial charge in [-0.15, -0.1) is 0 Å². The predicted molar refractivity (Wildman–Crippen MR) is 74.4 cm³/mol. The van der Waals surface area contributed by atoms with Crippen LogP contribution < -0.4 is 10.6 Å². The third kappa shape index (κ3) is 3.26. The van der Waals surface area contributed by atoms with Gasteiger partial charge in [-0.1, -0.05) is 6.42 Å². The van der Waals surface area contributed by atoms with Crippen molar-refractivity contribution in [1.29, 1.82) is 0 Å². The first kappa shape index (κ1) is 15.2. The third-order valence-electron chi connectivity index (χ3n) is 3.79. The molecule has 1 aromatic carbocycles. The lowest BCUT2D eigenvalue weighted by Gasteiger charge is -2.19. The summed E-state index contributed by atoms with van der Waals surface area (Å²) in [5.41, 5.74) is 0.0537. The lowest BCUT2D eigenvalue weighted by atomic mass is 10.0. The van der Waals surface area contributed by atoms with Gasteiger partial charge in [-0.2, -0.15) is 0 Å². The molecule has 2 unspecified atom stereocenters. The van der Waals surface area contributed by atoms with E-state index in [1.54, 1.807) is 7.05 Å². The molecule has 2 atom stereocenters. The Morgan fingerprint density at radius 1 is 1.33 bits per heavy atom. The molecular weight excluding hydrogens is 275 g/mol. The van der Waals surface area contributed by atoms with E-state index in [9.17, 15) is 18.8 Å². The molecule has 2 rings (SSSR count). The number of hydrogen-bond acceptors (Lipinski definition) is 3. The van der Waals surface area contributed by atoms with Crippen LogP contribution in [0.4, 0.5) is 4.39 Å². The number of aldehydes is 1. The molecule has 0 aliphatic heterocycles. The normalized spacial score (nSPS) is 20.9. The summed E-state index contributed by atoms with van der Waals surface area (Å²) in [6.07, 6.45) is 2.76. The van der Waals surface area contributed by atoms with Crippen molar-refractivity contribution in [1.82, 2.24) is 10.6 Å². The van der Waals surface area contributed by atoms with Crippen LogP contribution >= 0.6 is 0 Å². The lowest BCUT2D eigenvalue weighted by molar-refractivity contribution is -0.124. The van der Waals surface area contributed by atoms with Crippen molar-refractivity contribution in [2.75, 3.05) is 7.05 Å². The number of halogens is 1. The maximum atomic E-state index is 13.7.